The highest BCUT2D eigenvalue weighted by atomic mass is 16.4. The van der Waals surface area contributed by atoms with Crippen molar-refractivity contribution in [1.82, 2.24) is 0 Å². The van der Waals surface area contributed by atoms with Gasteiger partial charge >= 0.3 is 17.9 Å². The number of allylic oxidation sites excluding steroid dienone is 4. The van der Waals surface area contributed by atoms with Gasteiger partial charge in [-0.25, -0.2) is 0 Å². The molecule has 3 N–H and O–H groups in total. The summed E-state index contributed by atoms with van der Waals surface area (Å²) in [6.07, 6.45) is 51.0. The van der Waals surface area contributed by atoms with Crippen molar-refractivity contribution in [3.05, 3.63) is 24.3 Å². The molecule has 2 rings (SSSR count). The van der Waals surface area contributed by atoms with Crippen molar-refractivity contribution in [2.45, 2.75) is 252 Å². The predicted octanol–water partition coefficient (Wildman–Crippen LogP) is 16.4. The van der Waals surface area contributed by atoms with Crippen LogP contribution in [0.3, 0.4) is 0 Å². The molecular formula is C54H96O6. The molecule has 8 unspecified atom stereocenters. The van der Waals surface area contributed by atoms with Gasteiger partial charge in [0.2, 0.25) is 0 Å². The Balaban J connectivity index is 2.55. The van der Waals surface area contributed by atoms with Crippen molar-refractivity contribution < 1.29 is 29.7 Å². The van der Waals surface area contributed by atoms with E-state index in [1.54, 1.807) is 0 Å². The highest BCUT2D eigenvalue weighted by Crippen LogP contribution is 2.60. The third-order valence-electron chi connectivity index (χ3n) is 14.8. The van der Waals surface area contributed by atoms with Gasteiger partial charge in [0.15, 0.2) is 0 Å². The van der Waals surface area contributed by atoms with Crippen LogP contribution >= 0.6 is 0 Å². The normalized spacial score (nSPS) is 23.9. The van der Waals surface area contributed by atoms with E-state index in [0.29, 0.717) is 35.5 Å². The Labute approximate surface area is 370 Å². The van der Waals surface area contributed by atoms with Gasteiger partial charge in [0.1, 0.15) is 0 Å². The van der Waals surface area contributed by atoms with Crippen LogP contribution in [0, 0.1) is 47.3 Å². The quantitative estimate of drug-likeness (QED) is 0.0418. The molecule has 0 amide bonds. The van der Waals surface area contributed by atoms with Crippen LogP contribution in [0.2, 0.25) is 0 Å². The largest absolute Gasteiger partial charge is 0.481 e. The van der Waals surface area contributed by atoms with Crippen LogP contribution in [0.15, 0.2) is 24.3 Å². The molecule has 6 nitrogen and oxygen atoms in total. The average Bonchev–Trinajstić information content (AvgIpc) is 3.22. The van der Waals surface area contributed by atoms with Gasteiger partial charge < -0.3 is 15.3 Å². The molecule has 1 fully saturated rings. The van der Waals surface area contributed by atoms with Crippen LogP contribution in [-0.2, 0) is 14.4 Å². The van der Waals surface area contributed by atoms with Gasteiger partial charge in [0, 0.05) is 19.3 Å². The van der Waals surface area contributed by atoms with Gasteiger partial charge in [-0.3, -0.25) is 14.4 Å². The molecule has 0 aromatic heterocycles. The first-order valence-corrected chi connectivity index (χ1v) is 26.2. The third kappa shape index (κ3) is 23.4. The predicted molar refractivity (Wildman–Crippen MR) is 252 cm³/mol. The Morgan fingerprint density at radius 3 is 1.13 bits per heavy atom. The monoisotopic (exact) mass is 841 g/mol. The highest BCUT2D eigenvalue weighted by Gasteiger charge is 2.53. The van der Waals surface area contributed by atoms with Crippen molar-refractivity contribution in [3.8, 4) is 0 Å². The second-order valence-electron chi connectivity index (χ2n) is 19.5. The second kappa shape index (κ2) is 35.4. The van der Waals surface area contributed by atoms with Crippen LogP contribution in [0.5, 0.6) is 0 Å². The number of aliphatic carboxylic acids is 3. The van der Waals surface area contributed by atoms with E-state index in [-0.39, 0.29) is 19.3 Å². The number of carboxylic acid groups (broad SMARTS) is 3. The average molecular weight is 841 g/mol. The standard InChI is InChI=1S/C54H96O6/c1-4-7-10-13-18-27-35-46-47(36-28-19-15-22-31-40-51(57)58)49(38-29-20-16-23-32-41-52(59)60)54-45(34-25-17-14-21-30-39-50(55)56)43-42-44(33-24-11-8-5-2)53(54)48(46)37-26-12-9-6-3/h18,27,42-49,53-54H,4-17,19-26,28-41H2,1-3H3,(H,55,56)(H,57,58)(H,59,60). The maximum absolute atomic E-state index is 11.2. The lowest BCUT2D eigenvalue weighted by atomic mass is 9.47. The molecule has 2 aliphatic carbocycles. The van der Waals surface area contributed by atoms with Gasteiger partial charge in [-0.1, -0.05) is 186 Å². The van der Waals surface area contributed by atoms with Gasteiger partial charge in [-0.05, 0) is 118 Å². The van der Waals surface area contributed by atoms with Gasteiger partial charge in [-0.15, -0.1) is 0 Å². The molecule has 0 spiro atoms. The minimum Gasteiger partial charge on any atom is -0.481 e. The van der Waals surface area contributed by atoms with E-state index < -0.39 is 17.9 Å². The zero-order valence-corrected chi connectivity index (χ0v) is 39.5. The molecule has 0 saturated heterocycles. The van der Waals surface area contributed by atoms with Crippen LogP contribution in [-0.4, -0.2) is 33.2 Å². The van der Waals surface area contributed by atoms with E-state index in [1.165, 1.54) is 154 Å². The van der Waals surface area contributed by atoms with Crippen molar-refractivity contribution in [2.75, 3.05) is 0 Å². The summed E-state index contributed by atoms with van der Waals surface area (Å²) in [4.78, 5) is 33.5. The molecule has 0 aromatic rings. The molecule has 0 aliphatic heterocycles. The van der Waals surface area contributed by atoms with E-state index in [0.717, 1.165) is 69.6 Å². The Bertz CT molecular complexity index is 1140. The first-order chi connectivity index (χ1) is 29.2. The zero-order valence-electron chi connectivity index (χ0n) is 39.5. The second-order valence-corrected chi connectivity index (χ2v) is 19.5. The Kier molecular flexibility index (Phi) is 31.8. The molecule has 2 aliphatic rings. The fourth-order valence-corrected chi connectivity index (χ4v) is 11.7. The van der Waals surface area contributed by atoms with E-state index in [2.05, 4.69) is 45.1 Å². The fourth-order valence-electron chi connectivity index (χ4n) is 11.7. The summed E-state index contributed by atoms with van der Waals surface area (Å²) in [5, 5.41) is 27.6. The fraction of sp³-hybridized carbons (Fsp3) is 0.870. The van der Waals surface area contributed by atoms with E-state index in [1.807, 2.05) is 0 Å². The Morgan fingerprint density at radius 2 is 0.717 bits per heavy atom. The van der Waals surface area contributed by atoms with Gasteiger partial charge in [0.25, 0.3) is 0 Å². The highest BCUT2D eigenvalue weighted by molar-refractivity contribution is 5.67. The maximum Gasteiger partial charge on any atom is 0.303 e. The zero-order chi connectivity index (χ0) is 43.6. The molecular weight excluding hydrogens is 745 g/mol. The third-order valence-corrected chi connectivity index (χ3v) is 14.8. The van der Waals surface area contributed by atoms with Crippen molar-refractivity contribution in [1.29, 1.82) is 0 Å². The number of hydrogen-bond donors (Lipinski definition) is 3. The summed E-state index contributed by atoms with van der Waals surface area (Å²) >= 11 is 0. The topological polar surface area (TPSA) is 112 Å². The molecule has 0 bridgehead atoms. The number of rotatable bonds is 40. The Morgan fingerprint density at radius 1 is 0.383 bits per heavy atom. The first kappa shape index (κ1) is 54.0. The van der Waals surface area contributed by atoms with Crippen LogP contribution in [0.25, 0.3) is 0 Å². The van der Waals surface area contributed by atoms with Crippen molar-refractivity contribution in [3.63, 3.8) is 0 Å². The van der Waals surface area contributed by atoms with E-state index in [4.69, 9.17) is 5.11 Å². The summed E-state index contributed by atoms with van der Waals surface area (Å²) < 4.78 is 0. The SMILES string of the molecule is CCCCCC=CCC1C(CCCCCCCC(=O)O)C(CCCCCCCC(=O)O)C2C(CCCCCCCC(=O)O)C=CC(CCCCCC)C2C1CCCCCC. The van der Waals surface area contributed by atoms with Crippen LogP contribution in [0.1, 0.15) is 252 Å². The lowest BCUT2D eigenvalue weighted by Crippen LogP contribution is -2.52. The van der Waals surface area contributed by atoms with Crippen LogP contribution in [0.4, 0.5) is 0 Å². The molecule has 6 heteroatoms. The summed E-state index contributed by atoms with van der Waals surface area (Å²) in [6.45, 7) is 6.96. The van der Waals surface area contributed by atoms with Gasteiger partial charge in [-0.2, -0.15) is 0 Å². The molecule has 1 saturated carbocycles. The summed E-state index contributed by atoms with van der Waals surface area (Å²) in [5.41, 5.74) is 0. The number of carbonyl (C=O) groups is 3. The lowest BCUT2D eigenvalue weighted by molar-refractivity contribution is -0.138. The molecule has 0 aromatic carbocycles. The lowest BCUT2D eigenvalue weighted by Gasteiger charge is -2.58. The number of unbranched alkanes of at least 4 members (excludes halogenated alkanes) is 21. The summed E-state index contributed by atoms with van der Waals surface area (Å²) in [6, 6.07) is 0. The minimum atomic E-state index is -0.677. The summed E-state index contributed by atoms with van der Waals surface area (Å²) in [5.74, 6) is 3.58. The van der Waals surface area contributed by atoms with Crippen molar-refractivity contribution in [2.24, 2.45) is 47.3 Å². The van der Waals surface area contributed by atoms with E-state index >= 15 is 0 Å². The molecule has 60 heavy (non-hydrogen) atoms. The number of carboxylic acids is 3. The molecule has 0 heterocycles. The van der Waals surface area contributed by atoms with Crippen LogP contribution < -0.4 is 0 Å². The maximum atomic E-state index is 11.2. The van der Waals surface area contributed by atoms with Crippen molar-refractivity contribution >= 4 is 17.9 Å². The molecule has 8 atom stereocenters. The summed E-state index contributed by atoms with van der Waals surface area (Å²) in [7, 11) is 0. The Hall–Kier alpha value is -2.11. The van der Waals surface area contributed by atoms with Gasteiger partial charge in [0.05, 0.1) is 0 Å². The smallest absolute Gasteiger partial charge is 0.303 e. The first-order valence-electron chi connectivity index (χ1n) is 26.2. The molecule has 348 valence electrons. The number of hydrogen-bond acceptors (Lipinski definition) is 3. The molecule has 0 radical (unpaired) electrons. The number of fused-ring (bicyclic) bond motifs is 1. The van der Waals surface area contributed by atoms with E-state index in [9.17, 15) is 24.6 Å². The minimum absolute atomic E-state index is 0.283.